The second-order valence-electron chi connectivity index (χ2n) is 8.39. The van der Waals surface area contributed by atoms with Crippen LogP contribution in [0.1, 0.15) is 28.9 Å². The summed E-state index contributed by atoms with van der Waals surface area (Å²) in [6.07, 6.45) is 3.37. The summed E-state index contributed by atoms with van der Waals surface area (Å²) in [4.78, 5) is 28.3. The lowest BCUT2D eigenvalue weighted by atomic mass is 10.1. The predicted octanol–water partition coefficient (Wildman–Crippen LogP) is 2.43. The molecule has 2 aliphatic rings. The summed E-state index contributed by atoms with van der Waals surface area (Å²) in [6.45, 7) is 1.70. The minimum Gasteiger partial charge on any atom is -0.507 e. The second-order valence-corrected chi connectivity index (χ2v) is 8.39. The van der Waals surface area contributed by atoms with Gasteiger partial charge in [0.1, 0.15) is 5.75 Å². The van der Waals surface area contributed by atoms with Crippen LogP contribution in [0.3, 0.4) is 0 Å². The Bertz CT molecular complexity index is 1150. The van der Waals surface area contributed by atoms with E-state index in [9.17, 15) is 14.7 Å². The van der Waals surface area contributed by atoms with Crippen molar-refractivity contribution < 1.29 is 14.7 Å². The van der Waals surface area contributed by atoms with Crippen molar-refractivity contribution in [1.82, 2.24) is 15.5 Å². The first-order valence-electron chi connectivity index (χ1n) is 10.6. The zero-order valence-corrected chi connectivity index (χ0v) is 17.4. The van der Waals surface area contributed by atoms with Crippen LogP contribution in [-0.2, 0) is 11.2 Å². The Morgan fingerprint density at radius 1 is 1.26 bits per heavy atom. The van der Waals surface area contributed by atoms with Crippen molar-refractivity contribution in [2.24, 2.45) is 5.92 Å². The van der Waals surface area contributed by atoms with Crippen molar-refractivity contribution in [2.75, 3.05) is 36.5 Å². The lowest BCUT2D eigenvalue weighted by molar-refractivity contribution is -0.120. The number of hydrogen-bond donors (Lipinski definition) is 3. The van der Waals surface area contributed by atoms with E-state index in [1.807, 2.05) is 29.2 Å². The number of benzene rings is 2. The third-order valence-electron chi connectivity index (χ3n) is 6.12. The molecule has 3 N–H and O–H groups in total. The zero-order chi connectivity index (χ0) is 21.5. The molecule has 31 heavy (non-hydrogen) atoms. The molecule has 2 aromatic carbocycles. The molecule has 5 rings (SSSR count). The maximum atomic E-state index is 13.2. The van der Waals surface area contributed by atoms with Crippen molar-refractivity contribution >= 4 is 34.1 Å². The summed E-state index contributed by atoms with van der Waals surface area (Å²) in [5.41, 5.74) is 3.59. The highest BCUT2D eigenvalue weighted by Gasteiger charge is 2.25. The molecule has 1 aromatic heterocycles. The zero-order valence-electron chi connectivity index (χ0n) is 17.4. The number of nitrogens with one attached hydrogen (secondary N) is 2. The molecule has 3 aromatic rings. The summed E-state index contributed by atoms with van der Waals surface area (Å²) in [5.74, 6) is 0.324. The molecule has 0 bridgehead atoms. The molecule has 0 atom stereocenters. The van der Waals surface area contributed by atoms with Crippen molar-refractivity contribution in [3.8, 4) is 5.75 Å². The SMILES string of the molecule is CN(C(=O)c1cc2c(CC3CC3)[nH]nc2cc1O)c1ccc(N2CCNC(=O)C2)cc1. The highest BCUT2D eigenvalue weighted by Crippen LogP contribution is 2.35. The molecule has 1 aliphatic carbocycles. The van der Waals surface area contributed by atoms with E-state index in [0.717, 1.165) is 29.7 Å². The largest absolute Gasteiger partial charge is 0.507 e. The van der Waals surface area contributed by atoms with Gasteiger partial charge in [-0.25, -0.2) is 0 Å². The van der Waals surface area contributed by atoms with Gasteiger partial charge in [-0.1, -0.05) is 0 Å². The fraction of sp³-hybridized carbons (Fsp3) is 0.348. The van der Waals surface area contributed by atoms with Gasteiger partial charge in [0, 0.05) is 48.7 Å². The van der Waals surface area contributed by atoms with Crippen LogP contribution in [-0.4, -0.2) is 53.8 Å². The number of aromatic amines is 1. The number of carbonyl (C=O) groups is 2. The normalized spacial score (nSPS) is 16.4. The summed E-state index contributed by atoms with van der Waals surface area (Å²) in [5, 5.41) is 21.5. The number of aromatic hydroxyl groups is 1. The van der Waals surface area contributed by atoms with E-state index in [2.05, 4.69) is 15.5 Å². The number of nitrogens with zero attached hydrogens (tertiary/aromatic N) is 3. The number of aromatic nitrogens is 2. The van der Waals surface area contributed by atoms with E-state index in [1.54, 1.807) is 19.2 Å². The third-order valence-corrected chi connectivity index (χ3v) is 6.12. The number of phenolic OH excluding ortho intramolecular Hbond substituents is 1. The molecule has 160 valence electrons. The maximum Gasteiger partial charge on any atom is 0.261 e. The Labute approximate surface area is 179 Å². The topological polar surface area (TPSA) is 102 Å². The Hall–Kier alpha value is -3.55. The second kappa shape index (κ2) is 7.61. The molecule has 2 amide bonds. The van der Waals surface area contributed by atoms with Crippen LogP contribution in [0.2, 0.25) is 0 Å². The Balaban J connectivity index is 1.38. The molecule has 8 heteroatoms. The molecule has 0 radical (unpaired) electrons. The summed E-state index contributed by atoms with van der Waals surface area (Å²) < 4.78 is 0. The number of amides is 2. The third kappa shape index (κ3) is 3.81. The van der Waals surface area contributed by atoms with Crippen LogP contribution in [0, 0.1) is 5.92 Å². The number of H-pyrrole nitrogens is 1. The first kappa shape index (κ1) is 19.4. The quantitative estimate of drug-likeness (QED) is 0.590. The Kier molecular flexibility index (Phi) is 4.77. The number of hydrogen-bond acceptors (Lipinski definition) is 5. The van der Waals surface area contributed by atoms with Gasteiger partial charge in [0.25, 0.3) is 5.91 Å². The molecule has 0 unspecified atom stereocenters. The minimum atomic E-state index is -0.289. The van der Waals surface area contributed by atoms with Gasteiger partial charge in [-0.15, -0.1) is 0 Å². The van der Waals surface area contributed by atoms with Crippen molar-refractivity contribution in [3.63, 3.8) is 0 Å². The molecule has 2 heterocycles. The molecule has 0 spiro atoms. The standard InChI is InChI=1S/C23H25N5O3/c1-27(15-4-6-16(7-5-15)28-9-8-24-22(30)13-28)23(31)18-11-17-19(10-14-2-3-14)25-26-20(17)12-21(18)29/h4-7,11-12,14,29H,2-3,8-10,13H2,1H3,(H,24,30)(H,25,26). The van der Waals surface area contributed by atoms with E-state index in [4.69, 9.17) is 0 Å². The fourth-order valence-corrected chi connectivity index (χ4v) is 4.08. The van der Waals surface area contributed by atoms with Gasteiger partial charge in [-0.2, -0.15) is 5.10 Å². The first-order valence-corrected chi connectivity index (χ1v) is 10.6. The average molecular weight is 419 g/mol. The number of rotatable bonds is 5. The van der Waals surface area contributed by atoms with Crippen molar-refractivity contribution in [1.29, 1.82) is 0 Å². The molecule has 1 saturated heterocycles. The predicted molar refractivity (Wildman–Crippen MR) is 119 cm³/mol. The number of carbonyl (C=O) groups excluding carboxylic acids is 2. The van der Waals surface area contributed by atoms with Gasteiger partial charge < -0.3 is 20.2 Å². The molecule has 8 nitrogen and oxygen atoms in total. The van der Waals surface area contributed by atoms with Crippen LogP contribution in [0.25, 0.3) is 10.9 Å². The minimum absolute atomic E-state index is 0.00814. The highest BCUT2D eigenvalue weighted by atomic mass is 16.3. The van der Waals surface area contributed by atoms with E-state index >= 15 is 0 Å². The molecular weight excluding hydrogens is 394 g/mol. The van der Waals surface area contributed by atoms with Gasteiger partial charge in [0.2, 0.25) is 5.91 Å². The number of fused-ring (bicyclic) bond motifs is 1. The van der Waals surface area contributed by atoms with Crippen molar-refractivity contribution in [2.45, 2.75) is 19.3 Å². The van der Waals surface area contributed by atoms with Crippen molar-refractivity contribution in [3.05, 3.63) is 47.7 Å². The van der Waals surface area contributed by atoms with E-state index in [1.165, 1.54) is 17.7 Å². The van der Waals surface area contributed by atoms with Crippen LogP contribution >= 0.6 is 0 Å². The molecule has 2 fully saturated rings. The maximum absolute atomic E-state index is 13.2. The van der Waals surface area contributed by atoms with Gasteiger partial charge in [-0.05, 0) is 55.5 Å². The van der Waals surface area contributed by atoms with Crippen LogP contribution in [0.5, 0.6) is 5.75 Å². The smallest absolute Gasteiger partial charge is 0.261 e. The highest BCUT2D eigenvalue weighted by molar-refractivity contribution is 6.09. The molecule has 1 saturated carbocycles. The summed E-state index contributed by atoms with van der Waals surface area (Å²) in [6, 6.07) is 10.8. The summed E-state index contributed by atoms with van der Waals surface area (Å²) >= 11 is 0. The van der Waals surface area contributed by atoms with Gasteiger partial charge in [0.05, 0.1) is 17.6 Å². The number of anilines is 2. The van der Waals surface area contributed by atoms with Crippen LogP contribution < -0.4 is 15.1 Å². The fourth-order valence-electron chi connectivity index (χ4n) is 4.08. The van der Waals surface area contributed by atoms with E-state index in [-0.39, 0.29) is 23.1 Å². The average Bonchev–Trinajstić information content (AvgIpc) is 3.52. The monoisotopic (exact) mass is 419 g/mol. The van der Waals surface area contributed by atoms with Gasteiger partial charge in [0.15, 0.2) is 0 Å². The lowest BCUT2D eigenvalue weighted by Crippen LogP contribution is -2.47. The summed E-state index contributed by atoms with van der Waals surface area (Å²) in [7, 11) is 1.69. The Morgan fingerprint density at radius 3 is 2.74 bits per heavy atom. The first-order chi connectivity index (χ1) is 15.0. The molecular formula is C23H25N5O3. The van der Waals surface area contributed by atoms with E-state index in [0.29, 0.717) is 30.2 Å². The lowest BCUT2D eigenvalue weighted by Gasteiger charge is -2.29. The van der Waals surface area contributed by atoms with Gasteiger partial charge >= 0.3 is 0 Å². The van der Waals surface area contributed by atoms with Crippen LogP contribution in [0.15, 0.2) is 36.4 Å². The Morgan fingerprint density at radius 2 is 2.03 bits per heavy atom. The molecule has 1 aliphatic heterocycles. The van der Waals surface area contributed by atoms with Gasteiger partial charge in [-0.3, -0.25) is 14.7 Å². The number of piperazine rings is 1. The van der Waals surface area contributed by atoms with Crippen LogP contribution in [0.4, 0.5) is 11.4 Å². The van der Waals surface area contributed by atoms with E-state index < -0.39 is 0 Å². The number of phenols is 1.